The van der Waals surface area contributed by atoms with Crippen molar-refractivity contribution in [2.24, 2.45) is 5.73 Å². The Morgan fingerprint density at radius 3 is 2.31 bits per heavy atom. The number of nitrogens with one attached hydrogen (secondary N) is 1. The van der Waals surface area contributed by atoms with Crippen molar-refractivity contribution in [3.63, 3.8) is 0 Å². The Morgan fingerprint density at radius 1 is 1.06 bits per heavy atom. The largest absolute Gasteiger partial charge is 0.506 e. The number of amides is 1. The van der Waals surface area contributed by atoms with Gasteiger partial charge in [-0.05, 0) is 24.3 Å². The number of aromatic nitrogens is 1. The molecule has 0 saturated carbocycles. The van der Waals surface area contributed by atoms with E-state index in [1.807, 2.05) is 0 Å². The third-order valence-corrected chi connectivity index (χ3v) is 4.82. The van der Waals surface area contributed by atoms with Crippen LogP contribution in [0.25, 0.3) is 11.3 Å². The Morgan fingerprint density at radius 2 is 1.72 bits per heavy atom. The number of aromatic amines is 1. The number of benzene rings is 1. The number of methoxy groups -OCH3 is 2. The number of ether oxygens (including phenoxy) is 2. The van der Waals surface area contributed by atoms with Gasteiger partial charge in [0, 0.05) is 18.2 Å². The lowest BCUT2D eigenvalue weighted by Gasteiger charge is -2.15. The summed E-state index contributed by atoms with van der Waals surface area (Å²) in [5.74, 6) is -3.26. The zero-order valence-electron chi connectivity index (χ0n) is 17.2. The molecular formula is C22H20N2O8. The number of H-pyrrole nitrogens is 1. The summed E-state index contributed by atoms with van der Waals surface area (Å²) >= 11 is 0. The molecule has 1 atom stereocenters. The number of nitrogens with two attached hydrogens (primary N) is 1. The first-order valence-corrected chi connectivity index (χ1v) is 9.36. The van der Waals surface area contributed by atoms with Crippen molar-refractivity contribution in [3.8, 4) is 17.1 Å². The van der Waals surface area contributed by atoms with E-state index in [0.717, 1.165) is 13.3 Å². The molecule has 10 heteroatoms. The maximum atomic E-state index is 12.5. The van der Waals surface area contributed by atoms with Crippen molar-refractivity contribution in [1.29, 1.82) is 0 Å². The van der Waals surface area contributed by atoms with Crippen molar-refractivity contribution in [3.05, 3.63) is 75.4 Å². The molecule has 0 radical (unpaired) electrons. The van der Waals surface area contributed by atoms with E-state index in [-0.39, 0.29) is 23.3 Å². The lowest BCUT2D eigenvalue weighted by molar-refractivity contribution is -0.118. The Balaban J connectivity index is 2.05. The Bertz CT molecular complexity index is 1220. The van der Waals surface area contributed by atoms with Gasteiger partial charge in [-0.15, -0.1) is 0 Å². The van der Waals surface area contributed by atoms with Crippen LogP contribution >= 0.6 is 0 Å². The lowest BCUT2D eigenvalue weighted by Crippen LogP contribution is -2.23. The van der Waals surface area contributed by atoms with Crippen molar-refractivity contribution >= 4 is 17.8 Å². The highest BCUT2D eigenvalue weighted by atomic mass is 16.5. The second-order valence-electron chi connectivity index (χ2n) is 6.78. The monoisotopic (exact) mass is 440 g/mol. The second kappa shape index (κ2) is 9.21. The minimum absolute atomic E-state index is 0.165. The number of rotatable bonds is 7. The fraction of sp³-hybridized carbons (Fsp3) is 0.182. The lowest BCUT2D eigenvalue weighted by atomic mass is 9.92. The van der Waals surface area contributed by atoms with Crippen molar-refractivity contribution in [2.45, 2.75) is 12.3 Å². The van der Waals surface area contributed by atoms with Gasteiger partial charge in [-0.3, -0.25) is 9.59 Å². The number of pyridine rings is 1. The maximum absolute atomic E-state index is 12.5. The summed E-state index contributed by atoms with van der Waals surface area (Å²) in [5.41, 5.74) is 5.07. The highest BCUT2D eigenvalue weighted by molar-refractivity contribution is 5.92. The standard InChI is InChI=1S/C22H20N2O8/c1-30-21(28)12-5-3-11(4-6-12)15-7-8-16(32-15)13(9-17(23)25)18-19(26)14(22(29)31-2)10-24-20(18)27/h3-8,10,13H,9H2,1-2H3,(H2,23,25)(H2,24,26,27)/t13-/m1/s1. The van der Waals surface area contributed by atoms with Gasteiger partial charge < -0.3 is 29.7 Å². The molecule has 0 bridgehead atoms. The molecule has 0 aliphatic rings. The first-order chi connectivity index (χ1) is 15.3. The molecule has 0 saturated heterocycles. The van der Waals surface area contributed by atoms with Gasteiger partial charge in [0.05, 0.1) is 31.3 Å². The molecular weight excluding hydrogens is 420 g/mol. The van der Waals surface area contributed by atoms with Gasteiger partial charge in [-0.25, -0.2) is 9.59 Å². The third-order valence-electron chi connectivity index (χ3n) is 4.82. The zero-order chi connectivity index (χ0) is 23.4. The van der Waals surface area contributed by atoms with Crippen LogP contribution in [-0.2, 0) is 14.3 Å². The third kappa shape index (κ3) is 4.38. The molecule has 10 nitrogen and oxygen atoms in total. The molecule has 1 amide bonds. The highest BCUT2D eigenvalue weighted by Crippen LogP contribution is 2.36. The molecule has 0 aliphatic heterocycles. The number of primary amides is 1. The van der Waals surface area contributed by atoms with Crippen molar-refractivity contribution in [2.75, 3.05) is 14.2 Å². The van der Waals surface area contributed by atoms with E-state index in [0.29, 0.717) is 16.9 Å². The predicted octanol–water partition coefficient (Wildman–Crippen LogP) is 1.92. The van der Waals surface area contributed by atoms with Gasteiger partial charge in [0.15, 0.2) is 0 Å². The predicted molar refractivity (Wildman–Crippen MR) is 111 cm³/mol. The first-order valence-electron chi connectivity index (χ1n) is 9.36. The molecule has 3 aromatic rings. The summed E-state index contributed by atoms with van der Waals surface area (Å²) in [5, 5.41) is 10.6. The molecule has 1 aromatic carbocycles. The summed E-state index contributed by atoms with van der Waals surface area (Å²) in [7, 11) is 2.40. The number of hydrogen-bond acceptors (Lipinski definition) is 8. The van der Waals surface area contributed by atoms with Crippen LogP contribution in [0, 0.1) is 0 Å². The van der Waals surface area contributed by atoms with Gasteiger partial charge in [0.25, 0.3) is 5.56 Å². The fourth-order valence-corrected chi connectivity index (χ4v) is 3.26. The van der Waals surface area contributed by atoms with Crippen molar-refractivity contribution < 1.29 is 33.4 Å². The van der Waals surface area contributed by atoms with E-state index in [1.54, 1.807) is 30.3 Å². The van der Waals surface area contributed by atoms with Crippen LogP contribution in [0.3, 0.4) is 0 Å². The molecule has 0 aliphatic carbocycles. The fourth-order valence-electron chi connectivity index (χ4n) is 3.26. The Kier molecular flexibility index (Phi) is 6.43. The highest BCUT2D eigenvalue weighted by Gasteiger charge is 2.29. The van der Waals surface area contributed by atoms with Gasteiger partial charge >= 0.3 is 11.9 Å². The topological polar surface area (TPSA) is 162 Å². The summed E-state index contributed by atoms with van der Waals surface area (Å²) in [4.78, 5) is 50.1. The van der Waals surface area contributed by atoms with E-state index in [4.69, 9.17) is 10.2 Å². The smallest absolute Gasteiger partial charge is 0.343 e. The SMILES string of the molecule is COC(=O)c1ccc(-c2ccc([C@@H](CC(N)=O)c3c(O)c(C(=O)OC)c[nH]c3=O)o2)cc1. The molecule has 166 valence electrons. The van der Waals surface area contributed by atoms with E-state index < -0.39 is 35.1 Å². The molecule has 0 spiro atoms. The average Bonchev–Trinajstić information content (AvgIpc) is 3.27. The number of hydrogen-bond donors (Lipinski definition) is 3. The number of carbonyl (C=O) groups excluding carboxylic acids is 3. The first kappa shape index (κ1) is 22.3. The van der Waals surface area contributed by atoms with E-state index in [9.17, 15) is 24.3 Å². The van der Waals surface area contributed by atoms with Crippen LogP contribution in [0.4, 0.5) is 0 Å². The van der Waals surface area contributed by atoms with Crippen LogP contribution in [0.5, 0.6) is 5.75 Å². The summed E-state index contributed by atoms with van der Waals surface area (Å²) in [6.45, 7) is 0. The molecule has 0 unspecified atom stereocenters. The zero-order valence-corrected chi connectivity index (χ0v) is 17.2. The molecule has 2 heterocycles. The van der Waals surface area contributed by atoms with Gasteiger partial charge in [0.2, 0.25) is 5.91 Å². The van der Waals surface area contributed by atoms with Crippen LogP contribution in [0.1, 0.15) is 44.4 Å². The summed E-state index contributed by atoms with van der Waals surface area (Å²) in [6.07, 6.45) is 0.653. The van der Waals surface area contributed by atoms with E-state index in [1.165, 1.54) is 13.2 Å². The number of carbonyl (C=O) groups is 3. The minimum Gasteiger partial charge on any atom is -0.506 e. The van der Waals surface area contributed by atoms with Crippen LogP contribution in [0.2, 0.25) is 0 Å². The van der Waals surface area contributed by atoms with Crippen LogP contribution < -0.4 is 11.3 Å². The Labute approximate surface area is 181 Å². The summed E-state index contributed by atoms with van der Waals surface area (Å²) in [6, 6.07) is 9.52. The maximum Gasteiger partial charge on any atom is 0.343 e. The number of furan rings is 1. The summed E-state index contributed by atoms with van der Waals surface area (Å²) < 4.78 is 15.1. The molecule has 32 heavy (non-hydrogen) atoms. The molecule has 4 N–H and O–H groups in total. The van der Waals surface area contributed by atoms with Gasteiger partial charge in [-0.1, -0.05) is 12.1 Å². The Hall–Kier alpha value is -4.34. The minimum atomic E-state index is -1.07. The van der Waals surface area contributed by atoms with Gasteiger partial charge in [-0.2, -0.15) is 0 Å². The molecule has 0 fully saturated rings. The van der Waals surface area contributed by atoms with E-state index in [2.05, 4.69) is 14.5 Å². The average molecular weight is 440 g/mol. The quantitative estimate of drug-likeness (QED) is 0.469. The number of aromatic hydroxyl groups is 1. The van der Waals surface area contributed by atoms with Crippen molar-refractivity contribution in [1.82, 2.24) is 4.98 Å². The molecule has 3 rings (SSSR count). The second-order valence-corrected chi connectivity index (χ2v) is 6.78. The van der Waals surface area contributed by atoms with Crippen LogP contribution in [-0.4, -0.2) is 42.2 Å². The number of esters is 2. The normalized spacial score (nSPS) is 11.6. The van der Waals surface area contributed by atoms with Crippen LogP contribution in [0.15, 0.2) is 51.8 Å². The van der Waals surface area contributed by atoms with E-state index >= 15 is 0 Å². The van der Waals surface area contributed by atoms with Gasteiger partial charge in [0.1, 0.15) is 22.8 Å². The molecule has 2 aromatic heterocycles.